The van der Waals surface area contributed by atoms with E-state index in [0.717, 1.165) is 11.3 Å². The quantitative estimate of drug-likeness (QED) is 0.310. The number of aliphatic imine (C=N–C) groups is 1. The minimum absolute atomic E-state index is 0. The molecule has 0 saturated heterocycles. The Bertz CT molecular complexity index is 894. The maximum absolute atomic E-state index is 12.9. The van der Waals surface area contributed by atoms with E-state index in [1.165, 1.54) is 12.1 Å². The Morgan fingerprint density at radius 1 is 1.00 bits per heavy atom. The number of aromatic nitrogens is 2. The van der Waals surface area contributed by atoms with Gasteiger partial charge in [-0.3, -0.25) is 9.67 Å². The first-order valence-corrected chi connectivity index (χ1v) is 8.58. The maximum atomic E-state index is 12.9. The number of ether oxygens (including phenoxy) is 1. The van der Waals surface area contributed by atoms with Crippen molar-refractivity contribution in [2.75, 3.05) is 7.05 Å². The number of guanidine groups is 1. The number of benzene rings is 2. The van der Waals surface area contributed by atoms with Crippen LogP contribution >= 0.6 is 24.0 Å². The average Bonchev–Trinajstić information content (AvgIpc) is 3.10. The number of nitrogens with one attached hydrogen (secondary N) is 2. The normalized spacial score (nSPS) is 10.9. The Balaban J connectivity index is 0.00000280. The van der Waals surface area contributed by atoms with E-state index in [1.54, 1.807) is 25.4 Å². The Kier molecular flexibility index (Phi) is 8.24. The standard InChI is InChI=1S/C20H22FN5O.HI/c1-22-20(24-14-17-11-12-25-26(17)2)23-13-15-3-7-18(8-4-15)27-19-9-5-16(21)6-10-19;/h3-12H,13-14H2,1-2H3,(H2,22,23,24);1H. The summed E-state index contributed by atoms with van der Waals surface area (Å²) in [7, 11) is 3.64. The van der Waals surface area contributed by atoms with Crippen LogP contribution in [0.2, 0.25) is 0 Å². The predicted molar refractivity (Wildman–Crippen MR) is 119 cm³/mol. The third-order valence-corrected chi connectivity index (χ3v) is 4.02. The zero-order valence-corrected chi connectivity index (χ0v) is 18.1. The van der Waals surface area contributed by atoms with Gasteiger partial charge in [0.05, 0.1) is 12.2 Å². The van der Waals surface area contributed by atoms with Crippen LogP contribution in [0.3, 0.4) is 0 Å². The summed E-state index contributed by atoms with van der Waals surface area (Å²) in [5, 5.41) is 10.7. The number of halogens is 2. The van der Waals surface area contributed by atoms with Gasteiger partial charge in [0.15, 0.2) is 5.96 Å². The number of rotatable bonds is 6. The molecule has 1 heterocycles. The summed E-state index contributed by atoms with van der Waals surface area (Å²) in [4.78, 5) is 4.22. The third-order valence-electron chi connectivity index (χ3n) is 4.02. The highest BCUT2D eigenvalue weighted by Crippen LogP contribution is 2.21. The second-order valence-electron chi connectivity index (χ2n) is 5.93. The molecule has 0 aliphatic rings. The fourth-order valence-electron chi connectivity index (χ4n) is 2.47. The molecule has 0 aliphatic heterocycles. The number of nitrogens with zero attached hydrogens (tertiary/aromatic N) is 3. The molecule has 0 bridgehead atoms. The number of hydrogen-bond acceptors (Lipinski definition) is 3. The lowest BCUT2D eigenvalue weighted by Crippen LogP contribution is -2.36. The fourth-order valence-corrected chi connectivity index (χ4v) is 2.47. The van der Waals surface area contributed by atoms with Gasteiger partial charge in [-0.2, -0.15) is 5.10 Å². The van der Waals surface area contributed by atoms with Crippen molar-refractivity contribution in [2.45, 2.75) is 13.1 Å². The van der Waals surface area contributed by atoms with Crippen LogP contribution in [0.1, 0.15) is 11.3 Å². The summed E-state index contributed by atoms with van der Waals surface area (Å²) >= 11 is 0. The monoisotopic (exact) mass is 495 g/mol. The molecule has 2 N–H and O–H groups in total. The van der Waals surface area contributed by atoms with Gasteiger partial charge in [-0.25, -0.2) is 4.39 Å². The van der Waals surface area contributed by atoms with Gasteiger partial charge in [-0.1, -0.05) is 12.1 Å². The van der Waals surface area contributed by atoms with Crippen molar-refractivity contribution in [1.82, 2.24) is 20.4 Å². The third kappa shape index (κ3) is 6.22. The van der Waals surface area contributed by atoms with E-state index in [4.69, 9.17) is 4.74 Å². The minimum atomic E-state index is -0.283. The summed E-state index contributed by atoms with van der Waals surface area (Å²) in [6, 6.07) is 15.6. The van der Waals surface area contributed by atoms with Crippen molar-refractivity contribution in [2.24, 2.45) is 12.0 Å². The lowest BCUT2D eigenvalue weighted by molar-refractivity contribution is 0.480. The van der Waals surface area contributed by atoms with Crippen LogP contribution in [0.5, 0.6) is 11.5 Å². The lowest BCUT2D eigenvalue weighted by Gasteiger charge is -2.12. The molecule has 8 heteroatoms. The van der Waals surface area contributed by atoms with E-state index >= 15 is 0 Å². The van der Waals surface area contributed by atoms with Gasteiger partial charge in [0.1, 0.15) is 17.3 Å². The van der Waals surface area contributed by atoms with Gasteiger partial charge in [-0.15, -0.1) is 24.0 Å². The molecule has 0 unspecified atom stereocenters. The van der Waals surface area contributed by atoms with Crippen molar-refractivity contribution in [3.8, 4) is 11.5 Å². The fraction of sp³-hybridized carbons (Fsp3) is 0.200. The molecule has 0 aliphatic carbocycles. The lowest BCUT2D eigenvalue weighted by atomic mass is 10.2. The first-order valence-electron chi connectivity index (χ1n) is 8.58. The molecule has 6 nitrogen and oxygen atoms in total. The first kappa shape index (κ1) is 21.7. The van der Waals surface area contributed by atoms with Crippen LogP contribution in [0.4, 0.5) is 4.39 Å². The van der Waals surface area contributed by atoms with Gasteiger partial charge in [0.2, 0.25) is 0 Å². The van der Waals surface area contributed by atoms with Crippen molar-refractivity contribution in [1.29, 1.82) is 0 Å². The molecular weight excluding hydrogens is 472 g/mol. The minimum Gasteiger partial charge on any atom is -0.457 e. The van der Waals surface area contributed by atoms with Crippen molar-refractivity contribution in [3.63, 3.8) is 0 Å². The van der Waals surface area contributed by atoms with Crippen LogP contribution in [0.25, 0.3) is 0 Å². The summed E-state index contributed by atoms with van der Waals surface area (Å²) < 4.78 is 20.4. The Hall–Kier alpha value is -2.62. The first-order chi connectivity index (χ1) is 13.1. The summed E-state index contributed by atoms with van der Waals surface area (Å²) in [6.07, 6.45) is 1.77. The van der Waals surface area contributed by atoms with Gasteiger partial charge in [0.25, 0.3) is 0 Å². The Morgan fingerprint density at radius 3 is 2.18 bits per heavy atom. The average molecular weight is 495 g/mol. The zero-order chi connectivity index (χ0) is 19.1. The van der Waals surface area contributed by atoms with E-state index in [2.05, 4.69) is 20.7 Å². The van der Waals surface area contributed by atoms with Crippen LogP contribution in [-0.2, 0) is 20.1 Å². The largest absolute Gasteiger partial charge is 0.457 e. The summed E-state index contributed by atoms with van der Waals surface area (Å²) in [5.74, 6) is 1.73. The Morgan fingerprint density at radius 2 is 1.61 bits per heavy atom. The maximum Gasteiger partial charge on any atom is 0.191 e. The van der Waals surface area contributed by atoms with E-state index in [1.807, 2.05) is 42.1 Å². The topological polar surface area (TPSA) is 63.5 Å². The van der Waals surface area contributed by atoms with Crippen LogP contribution in [-0.4, -0.2) is 22.8 Å². The van der Waals surface area contributed by atoms with Crippen molar-refractivity contribution in [3.05, 3.63) is 77.9 Å². The molecule has 0 saturated carbocycles. The van der Waals surface area contributed by atoms with E-state index in [9.17, 15) is 4.39 Å². The van der Waals surface area contributed by atoms with Gasteiger partial charge in [-0.05, 0) is 48.0 Å². The molecule has 0 spiro atoms. The van der Waals surface area contributed by atoms with Gasteiger partial charge in [0, 0.05) is 26.8 Å². The summed E-state index contributed by atoms with van der Waals surface area (Å²) in [6.45, 7) is 1.27. The molecule has 0 amide bonds. The smallest absolute Gasteiger partial charge is 0.191 e. The van der Waals surface area contributed by atoms with E-state index < -0.39 is 0 Å². The number of hydrogen-bond donors (Lipinski definition) is 2. The second kappa shape index (κ2) is 10.6. The SMILES string of the molecule is CN=C(NCc1ccc(Oc2ccc(F)cc2)cc1)NCc1ccnn1C.I. The molecule has 2 aromatic carbocycles. The number of aryl methyl sites for hydroxylation is 1. The highest BCUT2D eigenvalue weighted by molar-refractivity contribution is 14.0. The van der Waals surface area contributed by atoms with Crippen LogP contribution in [0, 0.1) is 5.82 Å². The van der Waals surface area contributed by atoms with E-state index in [0.29, 0.717) is 30.5 Å². The summed E-state index contributed by atoms with van der Waals surface area (Å²) in [5.41, 5.74) is 2.16. The molecule has 3 aromatic rings. The van der Waals surface area contributed by atoms with Gasteiger partial charge < -0.3 is 15.4 Å². The van der Waals surface area contributed by atoms with Crippen LogP contribution in [0.15, 0.2) is 65.8 Å². The molecular formula is C20H23FIN5O. The molecule has 0 radical (unpaired) electrons. The molecule has 148 valence electrons. The van der Waals surface area contributed by atoms with Crippen LogP contribution < -0.4 is 15.4 Å². The second-order valence-corrected chi connectivity index (χ2v) is 5.93. The van der Waals surface area contributed by atoms with Crippen molar-refractivity contribution >= 4 is 29.9 Å². The predicted octanol–water partition coefficient (Wildman–Crippen LogP) is 3.83. The highest BCUT2D eigenvalue weighted by atomic mass is 127. The molecule has 0 fully saturated rings. The molecule has 3 rings (SSSR count). The van der Waals surface area contributed by atoms with E-state index in [-0.39, 0.29) is 29.8 Å². The zero-order valence-electron chi connectivity index (χ0n) is 15.7. The molecule has 0 atom stereocenters. The molecule has 28 heavy (non-hydrogen) atoms. The Labute approximate surface area is 180 Å². The molecule has 1 aromatic heterocycles. The highest BCUT2D eigenvalue weighted by Gasteiger charge is 2.03. The van der Waals surface area contributed by atoms with Crippen molar-refractivity contribution < 1.29 is 9.13 Å². The van der Waals surface area contributed by atoms with Gasteiger partial charge >= 0.3 is 0 Å².